The number of halogens is 1. The van der Waals surface area contributed by atoms with Crippen LogP contribution in [0.1, 0.15) is 25.3 Å². The summed E-state index contributed by atoms with van der Waals surface area (Å²) in [5, 5.41) is 3.56. The van der Waals surface area contributed by atoms with Crippen LogP contribution >= 0.6 is 15.9 Å². The van der Waals surface area contributed by atoms with Gasteiger partial charge in [0.2, 0.25) is 0 Å². The van der Waals surface area contributed by atoms with Gasteiger partial charge in [0, 0.05) is 24.8 Å². The molecule has 0 radical (unpaired) electrons. The Labute approximate surface area is 112 Å². The number of piperidine rings is 1. The summed E-state index contributed by atoms with van der Waals surface area (Å²) in [6, 6.07) is 3.20. The number of likely N-dealkylation sites (tertiary alicyclic amines) is 1. The van der Waals surface area contributed by atoms with Gasteiger partial charge in [0.1, 0.15) is 5.82 Å². The molecule has 1 aliphatic rings. The number of pyridine rings is 1. The molecule has 1 aromatic rings. The van der Waals surface area contributed by atoms with Gasteiger partial charge >= 0.3 is 0 Å². The molecule has 0 spiro atoms. The van der Waals surface area contributed by atoms with Crippen molar-refractivity contribution in [2.75, 3.05) is 18.9 Å². The van der Waals surface area contributed by atoms with Crippen LogP contribution in [0.5, 0.6) is 0 Å². The zero-order chi connectivity index (χ0) is 12.4. The van der Waals surface area contributed by atoms with Crippen molar-refractivity contribution in [2.45, 2.75) is 38.8 Å². The van der Waals surface area contributed by atoms with E-state index in [1.54, 1.807) is 0 Å². The molecule has 4 heteroatoms. The van der Waals surface area contributed by atoms with Gasteiger partial charge in [-0.15, -0.1) is 0 Å². The third-order valence-corrected chi connectivity index (χ3v) is 4.63. The molecule has 1 fully saturated rings. The molecule has 2 heterocycles. The molecular formula is C13H20BrN3. The number of rotatable bonds is 2. The summed E-state index contributed by atoms with van der Waals surface area (Å²) in [6.07, 6.45) is 4.22. The summed E-state index contributed by atoms with van der Waals surface area (Å²) in [6.45, 7) is 5.53. The van der Waals surface area contributed by atoms with E-state index in [0.717, 1.165) is 16.8 Å². The van der Waals surface area contributed by atoms with E-state index in [-0.39, 0.29) is 0 Å². The number of aryl methyl sites for hydroxylation is 1. The molecule has 0 amide bonds. The van der Waals surface area contributed by atoms with Crippen LogP contribution in [0, 0.1) is 6.92 Å². The third-order valence-electron chi connectivity index (χ3n) is 3.63. The standard InChI is InChI=1S/C13H20BrN3/c1-9-4-6-15-13(12(9)14)16-11-5-7-17(3)10(2)8-11/h4,6,10-11H,5,7-8H2,1-3H3,(H,15,16). The van der Waals surface area contributed by atoms with Crippen LogP contribution in [0.2, 0.25) is 0 Å². The molecule has 94 valence electrons. The molecule has 17 heavy (non-hydrogen) atoms. The summed E-state index contributed by atoms with van der Waals surface area (Å²) in [7, 11) is 2.20. The highest BCUT2D eigenvalue weighted by Crippen LogP contribution is 2.26. The molecule has 3 nitrogen and oxygen atoms in total. The Balaban J connectivity index is 2.04. The zero-order valence-corrected chi connectivity index (χ0v) is 12.3. The Morgan fingerprint density at radius 2 is 2.29 bits per heavy atom. The summed E-state index contributed by atoms with van der Waals surface area (Å²) < 4.78 is 1.09. The van der Waals surface area contributed by atoms with E-state index in [0.29, 0.717) is 12.1 Å². The van der Waals surface area contributed by atoms with Crippen LogP contribution in [0.15, 0.2) is 16.7 Å². The Morgan fingerprint density at radius 3 is 3.00 bits per heavy atom. The van der Waals surface area contributed by atoms with Gasteiger partial charge in [-0.05, 0) is 61.3 Å². The lowest BCUT2D eigenvalue weighted by atomic mass is 9.99. The predicted molar refractivity (Wildman–Crippen MR) is 75.4 cm³/mol. The van der Waals surface area contributed by atoms with Crippen LogP contribution in [-0.2, 0) is 0 Å². The van der Waals surface area contributed by atoms with Gasteiger partial charge < -0.3 is 10.2 Å². The largest absolute Gasteiger partial charge is 0.366 e. The van der Waals surface area contributed by atoms with E-state index in [1.807, 2.05) is 12.3 Å². The summed E-state index contributed by atoms with van der Waals surface area (Å²) in [5.74, 6) is 0.978. The van der Waals surface area contributed by atoms with Gasteiger partial charge in [-0.3, -0.25) is 0 Å². The molecule has 2 unspecified atom stereocenters. The molecule has 2 rings (SSSR count). The number of anilines is 1. The van der Waals surface area contributed by atoms with Crippen molar-refractivity contribution in [3.05, 3.63) is 22.3 Å². The first kappa shape index (κ1) is 12.8. The van der Waals surface area contributed by atoms with E-state index in [1.165, 1.54) is 18.4 Å². The molecule has 1 aromatic heterocycles. The van der Waals surface area contributed by atoms with E-state index in [2.05, 4.69) is 52.0 Å². The fraction of sp³-hybridized carbons (Fsp3) is 0.615. The van der Waals surface area contributed by atoms with Crippen molar-refractivity contribution in [3.8, 4) is 0 Å². The van der Waals surface area contributed by atoms with Crippen molar-refractivity contribution in [2.24, 2.45) is 0 Å². The van der Waals surface area contributed by atoms with Gasteiger partial charge in [0.25, 0.3) is 0 Å². The Bertz CT molecular complexity index is 394. The number of hydrogen-bond acceptors (Lipinski definition) is 3. The molecule has 0 saturated carbocycles. The molecule has 1 N–H and O–H groups in total. The zero-order valence-electron chi connectivity index (χ0n) is 10.7. The van der Waals surface area contributed by atoms with Crippen molar-refractivity contribution in [1.82, 2.24) is 9.88 Å². The van der Waals surface area contributed by atoms with Crippen LogP contribution in [0.3, 0.4) is 0 Å². The van der Waals surface area contributed by atoms with E-state index in [9.17, 15) is 0 Å². The molecule has 2 atom stereocenters. The minimum Gasteiger partial charge on any atom is -0.366 e. The van der Waals surface area contributed by atoms with Gasteiger partial charge in [-0.1, -0.05) is 0 Å². The first-order chi connectivity index (χ1) is 8.08. The van der Waals surface area contributed by atoms with Gasteiger partial charge in [-0.25, -0.2) is 4.98 Å². The van der Waals surface area contributed by atoms with Crippen molar-refractivity contribution in [3.63, 3.8) is 0 Å². The van der Waals surface area contributed by atoms with Crippen LogP contribution in [0.4, 0.5) is 5.82 Å². The summed E-state index contributed by atoms with van der Waals surface area (Å²) in [5.41, 5.74) is 1.23. The second-order valence-electron chi connectivity index (χ2n) is 4.99. The second kappa shape index (κ2) is 5.36. The highest BCUT2D eigenvalue weighted by molar-refractivity contribution is 9.10. The first-order valence-electron chi connectivity index (χ1n) is 6.16. The number of hydrogen-bond donors (Lipinski definition) is 1. The minimum absolute atomic E-state index is 0.534. The van der Waals surface area contributed by atoms with Crippen LogP contribution in [0.25, 0.3) is 0 Å². The quantitative estimate of drug-likeness (QED) is 0.909. The fourth-order valence-corrected chi connectivity index (χ4v) is 2.60. The minimum atomic E-state index is 0.534. The lowest BCUT2D eigenvalue weighted by molar-refractivity contribution is 0.190. The fourth-order valence-electron chi connectivity index (χ4n) is 2.25. The highest BCUT2D eigenvalue weighted by atomic mass is 79.9. The van der Waals surface area contributed by atoms with Crippen molar-refractivity contribution in [1.29, 1.82) is 0 Å². The van der Waals surface area contributed by atoms with E-state index in [4.69, 9.17) is 0 Å². The topological polar surface area (TPSA) is 28.2 Å². The maximum atomic E-state index is 4.41. The Hall–Kier alpha value is -0.610. The smallest absolute Gasteiger partial charge is 0.140 e. The van der Waals surface area contributed by atoms with Crippen molar-refractivity contribution < 1.29 is 0 Å². The van der Waals surface area contributed by atoms with E-state index >= 15 is 0 Å². The third kappa shape index (κ3) is 2.99. The van der Waals surface area contributed by atoms with Gasteiger partial charge in [-0.2, -0.15) is 0 Å². The lowest BCUT2D eigenvalue weighted by Crippen LogP contribution is -2.42. The normalized spacial score (nSPS) is 25.9. The first-order valence-corrected chi connectivity index (χ1v) is 6.95. The molecule has 0 aromatic carbocycles. The lowest BCUT2D eigenvalue weighted by Gasteiger charge is -2.35. The van der Waals surface area contributed by atoms with Crippen molar-refractivity contribution >= 4 is 21.7 Å². The molecule has 0 bridgehead atoms. The second-order valence-corrected chi connectivity index (χ2v) is 5.78. The monoisotopic (exact) mass is 297 g/mol. The molecule has 0 aliphatic carbocycles. The number of nitrogens with zero attached hydrogens (tertiary/aromatic N) is 2. The SMILES string of the molecule is Cc1ccnc(NC2CCN(C)C(C)C2)c1Br. The van der Waals surface area contributed by atoms with Gasteiger partial charge in [0.15, 0.2) is 0 Å². The summed E-state index contributed by atoms with van der Waals surface area (Å²) >= 11 is 3.60. The number of aromatic nitrogens is 1. The highest BCUT2D eigenvalue weighted by Gasteiger charge is 2.23. The predicted octanol–water partition coefficient (Wildman–Crippen LogP) is 3.05. The number of nitrogens with one attached hydrogen (secondary N) is 1. The maximum absolute atomic E-state index is 4.41. The van der Waals surface area contributed by atoms with Crippen LogP contribution in [-0.4, -0.2) is 35.6 Å². The average molecular weight is 298 g/mol. The Kier molecular flexibility index (Phi) is 4.05. The Morgan fingerprint density at radius 1 is 1.53 bits per heavy atom. The maximum Gasteiger partial charge on any atom is 0.140 e. The molecule has 1 saturated heterocycles. The van der Waals surface area contributed by atoms with Gasteiger partial charge in [0.05, 0.1) is 4.47 Å². The molecular weight excluding hydrogens is 278 g/mol. The average Bonchev–Trinajstić information content (AvgIpc) is 2.30. The summed E-state index contributed by atoms with van der Waals surface area (Å²) in [4.78, 5) is 6.82. The molecule has 1 aliphatic heterocycles. The van der Waals surface area contributed by atoms with E-state index < -0.39 is 0 Å². The van der Waals surface area contributed by atoms with Crippen LogP contribution < -0.4 is 5.32 Å².